The number of aromatic nitrogens is 2. The Morgan fingerprint density at radius 1 is 0.630 bits per heavy atom. The van der Waals surface area contributed by atoms with Crippen molar-refractivity contribution in [2.24, 2.45) is 16.6 Å². The third-order valence-electron chi connectivity index (χ3n) is 8.59. The monoisotopic (exact) mass is 642 g/mol. The number of nitrogens with two attached hydrogens (primary N) is 1. The zero-order chi connectivity index (χ0) is 31.4. The summed E-state index contributed by atoms with van der Waals surface area (Å²) in [5, 5.41) is 0. The molecular formula is C41H75N3O2. The molecule has 3 aromatic rings. The van der Waals surface area contributed by atoms with Crippen LogP contribution >= 0.6 is 0 Å². The van der Waals surface area contributed by atoms with Gasteiger partial charge in [-0.15, -0.1) is 0 Å². The van der Waals surface area contributed by atoms with Gasteiger partial charge in [0.1, 0.15) is 24.7 Å². The van der Waals surface area contributed by atoms with E-state index in [2.05, 4.69) is 111 Å². The van der Waals surface area contributed by atoms with Crippen LogP contribution in [-0.2, 0) is 17.4 Å². The van der Waals surface area contributed by atoms with Crippen LogP contribution in [0.3, 0.4) is 0 Å². The highest BCUT2D eigenvalue weighted by atomic mass is 16.5. The highest BCUT2D eigenvalue weighted by Gasteiger charge is 2.30. The molecule has 5 nitrogen and oxygen atoms in total. The van der Waals surface area contributed by atoms with Gasteiger partial charge in [-0.2, -0.15) is 0 Å². The summed E-state index contributed by atoms with van der Waals surface area (Å²) in [5.41, 5.74) is 9.28. The van der Waals surface area contributed by atoms with Crippen molar-refractivity contribution in [2.75, 3.05) is 19.8 Å². The van der Waals surface area contributed by atoms with E-state index in [0.29, 0.717) is 30.6 Å². The van der Waals surface area contributed by atoms with Crippen LogP contribution in [0.2, 0.25) is 0 Å². The van der Waals surface area contributed by atoms with Crippen LogP contribution in [0.5, 0.6) is 11.5 Å². The summed E-state index contributed by atoms with van der Waals surface area (Å²) in [7, 11) is 0. The molecule has 0 aliphatic carbocycles. The van der Waals surface area contributed by atoms with Crippen molar-refractivity contribution >= 4 is 0 Å². The van der Waals surface area contributed by atoms with Gasteiger partial charge in [0, 0.05) is 18.9 Å². The van der Waals surface area contributed by atoms with E-state index in [9.17, 15) is 0 Å². The van der Waals surface area contributed by atoms with E-state index in [1.54, 1.807) is 6.20 Å². The molecule has 5 heteroatoms. The molecule has 0 atom stereocenters. The fraction of sp³-hybridized carbons (Fsp3) is 0.634. The Kier molecular flexibility index (Phi) is 21.9. The van der Waals surface area contributed by atoms with Crippen molar-refractivity contribution in [1.29, 1.82) is 0 Å². The molecule has 0 saturated carbocycles. The van der Waals surface area contributed by atoms with Gasteiger partial charge in [0.15, 0.2) is 0 Å². The Bertz CT molecular complexity index is 1150. The van der Waals surface area contributed by atoms with Crippen molar-refractivity contribution < 1.29 is 9.47 Å². The summed E-state index contributed by atoms with van der Waals surface area (Å²) >= 11 is 0. The van der Waals surface area contributed by atoms with Crippen LogP contribution in [0.15, 0.2) is 67.3 Å². The first-order valence-corrected chi connectivity index (χ1v) is 15.8. The van der Waals surface area contributed by atoms with Crippen molar-refractivity contribution in [3.05, 3.63) is 78.4 Å². The second-order valence-electron chi connectivity index (χ2n) is 14.5. The van der Waals surface area contributed by atoms with Crippen molar-refractivity contribution in [3.8, 4) is 11.5 Å². The molecule has 0 aliphatic heterocycles. The predicted molar refractivity (Wildman–Crippen MR) is 206 cm³/mol. The Labute approximate surface area is 286 Å². The molecule has 0 bridgehead atoms. The SMILES string of the molecule is C.C.C.C.CCC(C)(C)CC(C)(C)c1ccc(OCCN)cc1.CCC(C)(C)CC(C)(C)c1ccc(OCCn2ccnc2)cc1. The normalized spacial score (nSPS) is 11.4. The van der Waals surface area contributed by atoms with E-state index in [0.717, 1.165) is 18.0 Å². The molecule has 2 aromatic carbocycles. The number of nitrogens with zero attached hydrogens (tertiary/aromatic N) is 2. The molecule has 0 fully saturated rings. The fourth-order valence-electron chi connectivity index (χ4n) is 5.72. The minimum Gasteiger partial charge on any atom is -0.492 e. The van der Waals surface area contributed by atoms with Gasteiger partial charge in [-0.05, 0) is 69.9 Å². The van der Waals surface area contributed by atoms with Crippen LogP contribution in [0, 0.1) is 10.8 Å². The van der Waals surface area contributed by atoms with Crippen molar-refractivity contribution in [1.82, 2.24) is 9.55 Å². The quantitative estimate of drug-likeness (QED) is 0.179. The Morgan fingerprint density at radius 3 is 1.35 bits per heavy atom. The molecule has 266 valence electrons. The van der Waals surface area contributed by atoms with E-state index in [-0.39, 0.29) is 40.5 Å². The van der Waals surface area contributed by atoms with E-state index in [1.165, 1.54) is 36.8 Å². The molecule has 0 radical (unpaired) electrons. The van der Waals surface area contributed by atoms with Crippen LogP contribution in [-0.4, -0.2) is 29.3 Å². The summed E-state index contributed by atoms with van der Waals surface area (Å²) < 4.78 is 13.4. The first-order chi connectivity index (χ1) is 19.6. The second-order valence-corrected chi connectivity index (χ2v) is 14.5. The van der Waals surface area contributed by atoms with Crippen LogP contribution in [0.4, 0.5) is 0 Å². The van der Waals surface area contributed by atoms with Gasteiger partial charge in [0.2, 0.25) is 0 Å². The highest BCUT2D eigenvalue weighted by Crippen LogP contribution is 2.40. The summed E-state index contributed by atoms with van der Waals surface area (Å²) in [4.78, 5) is 4.03. The lowest BCUT2D eigenvalue weighted by Crippen LogP contribution is -2.26. The Hall–Kier alpha value is -2.79. The minimum atomic E-state index is 0. The molecule has 0 unspecified atom stereocenters. The molecule has 0 amide bonds. The lowest BCUT2D eigenvalue weighted by Gasteiger charge is -2.35. The zero-order valence-corrected chi connectivity index (χ0v) is 28.3. The number of ether oxygens (including phenoxy) is 2. The van der Waals surface area contributed by atoms with Crippen LogP contribution in [0.25, 0.3) is 0 Å². The third-order valence-corrected chi connectivity index (χ3v) is 8.59. The fourth-order valence-corrected chi connectivity index (χ4v) is 5.72. The smallest absolute Gasteiger partial charge is 0.119 e. The molecular weight excluding hydrogens is 566 g/mol. The topological polar surface area (TPSA) is 62.3 Å². The van der Waals surface area contributed by atoms with Gasteiger partial charge >= 0.3 is 0 Å². The maximum atomic E-state index is 5.82. The largest absolute Gasteiger partial charge is 0.492 e. The van der Waals surface area contributed by atoms with Gasteiger partial charge in [0.25, 0.3) is 0 Å². The van der Waals surface area contributed by atoms with Crippen molar-refractivity contribution in [2.45, 2.75) is 142 Å². The number of hydrogen-bond donors (Lipinski definition) is 1. The number of imidazole rings is 1. The summed E-state index contributed by atoms with van der Waals surface area (Å²) in [6, 6.07) is 17.0. The molecule has 0 spiro atoms. The average Bonchev–Trinajstić information content (AvgIpc) is 3.45. The molecule has 2 N–H and O–H groups in total. The minimum absolute atomic E-state index is 0. The predicted octanol–water partition coefficient (Wildman–Crippen LogP) is 11.7. The summed E-state index contributed by atoms with van der Waals surface area (Å²) in [6.07, 6.45) is 10.3. The van der Waals surface area contributed by atoms with E-state index < -0.39 is 0 Å². The van der Waals surface area contributed by atoms with Gasteiger partial charge < -0.3 is 19.8 Å². The lowest BCUT2D eigenvalue weighted by molar-refractivity contribution is 0.247. The number of rotatable bonds is 15. The van der Waals surface area contributed by atoms with Gasteiger partial charge in [-0.1, -0.05) is 136 Å². The Morgan fingerprint density at radius 2 is 1.02 bits per heavy atom. The van der Waals surface area contributed by atoms with E-state index >= 15 is 0 Å². The molecule has 1 heterocycles. The molecule has 3 rings (SSSR count). The van der Waals surface area contributed by atoms with Gasteiger partial charge in [-0.3, -0.25) is 0 Å². The molecule has 0 saturated heterocycles. The third kappa shape index (κ3) is 16.2. The number of benzene rings is 2. The highest BCUT2D eigenvalue weighted by molar-refractivity contribution is 5.32. The first kappa shape index (κ1) is 47.6. The number of hydrogen-bond acceptors (Lipinski definition) is 4. The maximum Gasteiger partial charge on any atom is 0.119 e. The molecule has 0 aliphatic rings. The molecule has 1 aromatic heterocycles. The van der Waals surface area contributed by atoms with Gasteiger partial charge in [0.05, 0.1) is 12.9 Å². The molecule has 46 heavy (non-hydrogen) atoms. The van der Waals surface area contributed by atoms with Gasteiger partial charge in [-0.25, -0.2) is 4.98 Å². The van der Waals surface area contributed by atoms with Crippen molar-refractivity contribution in [3.63, 3.8) is 0 Å². The second kappa shape index (κ2) is 21.2. The van der Waals surface area contributed by atoms with Crippen LogP contribution < -0.4 is 15.2 Å². The summed E-state index contributed by atoms with van der Waals surface area (Å²) in [6.45, 7) is 25.8. The van der Waals surface area contributed by atoms with E-state index in [1.807, 2.05) is 29.2 Å². The average molecular weight is 642 g/mol. The zero-order valence-electron chi connectivity index (χ0n) is 28.3. The summed E-state index contributed by atoms with van der Waals surface area (Å²) in [5.74, 6) is 1.83. The van der Waals surface area contributed by atoms with E-state index in [4.69, 9.17) is 15.2 Å². The maximum absolute atomic E-state index is 5.82. The lowest BCUT2D eigenvalue weighted by atomic mass is 9.70. The standard InChI is InChI=1S/C20H30N2O.C17H29NO.4CH4/c1-6-19(2,3)15-20(4,5)17-7-9-18(10-8-17)23-14-13-22-12-11-21-16-22;1-6-16(2,3)13-17(4,5)14-7-9-15(10-8-14)19-12-11-18;;;;/h7-12,16H,6,13-15H2,1-5H3;7-10H,6,11-13,18H2,1-5H3;4*1H4. The van der Waals surface area contributed by atoms with Crippen LogP contribution in [0.1, 0.15) is 136 Å². The Balaban J connectivity index is -0.000000751. The first-order valence-electron chi connectivity index (χ1n) is 15.8.